The van der Waals surface area contributed by atoms with Crippen LogP contribution >= 0.6 is 12.4 Å². The minimum atomic E-state index is 0. The number of halogens is 1. The molecule has 7 heteroatoms. The van der Waals surface area contributed by atoms with E-state index >= 15 is 0 Å². The molecule has 1 aliphatic heterocycles. The fourth-order valence-electron chi connectivity index (χ4n) is 2.55. The number of anilines is 1. The molecule has 1 fully saturated rings. The summed E-state index contributed by atoms with van der Waals surface area (Å²) < 4.78 is 0. The molecule has 3 rings (SSSR count). The van der Waals surface area contributed by atoms with Gasteiger partial charge in [-0.1, -0.05) is 0 Å². The van der Waals surface area contributed by atoms with Crippen LogP contribution < -0.4 is 10.2 Å². The van der Waals surface area contributed by atoms with Gasteiger partial charge in [0.1, 0.15) is 0 Å². The van der Waals surface area contributed by atoms with Crippen LogP contribution in [0.2, 0.25) is 0 Å². The van der Waals surface area contributed by atoms with E-state index < -0.39 is 0 Å². The highest BCUT2D eigenvalue weighted by atomic mass is 35.5. The van der Waals surface area contributed by atoms with Crippen LogP contribution in [-0.2, 0) is 6.54 Å². The molecule has 0 unspecified atom stereocenters. The molecule has 3 heterocycles. The Morgan fingerprint density at radius 1 is 1.29 bits per heavy atom. The second kappa shape index (κ2) is 7.38. The van der Waals surface area contributed by atoms with E-state index in [2.05, 4.69) is 37.3 Å². The van der Waals surface area contributed by atoms with Gasteiger partial charge in [-0.2, -0.15) is 5.10 Å². The molecule has 0 radical (unpaired) electrons. The second-order valence-corrected chi connectivity index (χ2v) is 5.21. The van der Waals surface area contributed by atoms with Gasteiger partial charge in [0.2, 0.25) is 5.95 Å². The number of aromatic nitrogens is 4. The number of rotatable bonds is 4. The monoisotopic (exact) mass is 308 g/mol. The molecule has 2 aromatic heterocycles. The summed E-state index contributed by atoms with van der Waals surface area (Å²) in [5, 5.41) is 10.6. The normalized spacial score (nSPS) is 15.8. The molecule has 0 atom stereocenters. The third-order valence-corrected chi connectivity index (χ3v) is 3.85. The predicted molar refractivity (Wildman–Crippen MR) is 84.7 cm³/mol. The smallest absolute Gasteiger partial charge is 0.225 e. The Morgan fingerprint density at radius 2 is 2.00 bits per heavy atom. The summed E-state index contributed by atoms with van der Waals surface area (Å²) in [6.45, 7) is 4.95. The molecule has 1 saturated heterocycles. The number of aryl methyl sites for hydroxylation is 1. The molecule has 0 saturated carbocycles. The lowest BCUT2D eigenvalue weighted by Gasteiger charge is -2.32. The highest BCUT2D eigenvalue weighted by Crippen LogP contribution is 2.15. The second-order valence-electron chi connectivity index (χ2n) is 5.21. The van der Waals surface area contributed by atoms with Crippen molar-refractivity contribution in [2.24, 2.45) is 0 Å². The molecule has 6 nitrogen and oxygen atoms in total. The molecule has 0 aliphatic carbocycles. The average Bonchev–Trinajstić information content (AvgIpc) is 2.92. The lowest BCUT2D eigenvalue weighted by Crippen LogP contribution is -2.42. The lowest BCUT2D eigenvalue weighted by atomic mass is 10.0. The summed E-state index contributed by atoms with van der Waals surface area (Å²) in [6.07, 6.45) is 7.74. The summed E-state index contributed by atoms with van der Waals surface area (Å²) >= 11 is 0. The van der Waals surface area contributed by atoms with Gasteiger partial charge in [-0.05, 0) is 25.8 Å². The zero-order chi connectivity index (χ0) is 13.8. The van der Waals surface area contributed by atoms with Gasteiger partial charge in [0.05, 0.1) is 6.20 Å². The average molecular weight is 309 g/mol. The van der Waals surface area contributed by atoms with Crippen LogP contribution in [0, 0.1) is 6.92 Å². The lowest BCUT2D eigenvalue weighted by molar-refractivity contribution is 0.411. The summed E-state index contributed by atoms with van der Waals surface area (Å²) in [7, 11) is 0. The number of H-pyrrole nitrogens is 1. The van der Waals surface area contributed by atoms with Gasteiger partial charge >= 0.3 is 0 Å². The molecule has 0 amide bonds. The minimum Gasteiger partial charge on any atom is -0.341 e. The van der Waals surface area contributed by atoms with Crippen molar-refractivity contribution in [1.82, 2.24) is 25.5 Å². The van der Waals surface area contributed by atoms with Gasteiger partial charge in [0.15, 0.2) is 0 Å². The summed E-state index contributed by atoms with van der Waals surface area (Å²) in [5.41, 5.74) is 2.39. The van der Waals surface area contributed by atoms with Crippen molar-refractivity contribution in [1.29, 1.82) is 0 Å². The van der Waals surface area contributed by atoms with E-state index in [1.807, 2.05) is 12.3 Å². The molecule has 21 heavy (non-hydrogen) atoms. The van der Waals surface area contributed by atoms with E-state index in [4.69, 9.17) is 0 Å². The first-order valence-electron chi connectivity index (χ1n) is 7.07. The first kappa shape index (κ1) is 15.7. The van der Waals surface area contributed by atoms with Crippen molar-refractivity contribution in [2.45, 2.75) is 32.4 Å². The van der Waals surface area contributed by atoms with E-state index in [0.717, 1.165) is 44.1 Å². The van der Waals surface area contributed by atoms with Crippen molar-refractivity contribution in [3.63, 3.8) is 0 Å². The van der Waals surface area contributed by atoms with Crippen LogP contribution in [0.15, 0.2) is 24.7 Å². The summed E-state index contributed by atoms with van der Waals surface area (Å²) in [5.74, 6) is 0.844. The maximum absolute atomic E-state index is 4.31. The van der Waals surface area contributed by atoms with Gasteiger partial charge in [-0.15, -0.1) is 12.4 Å². The molecule has 2 N–H and O–H groups in total. The zero-order valence-corrected chi connectivity index (χ0v) is 12.9. The van der Waals surface area contributed by atoms with Crippen LogP contribution in [0.1, 0.15) is 24.1 Å². The molecular formula is C14H21ClN6. The molecule has 114 valence electrons. The van der Waals surface area contributed by atoms with Crippen molar-refractivity contribution in [2.75, 3.05) is 18.0 Å². The van der Waals surface area contributed by atoms with E-state index in [9.17, 15) is 0 Å². The topological polar surface area (TPSA) is 69.7 Å². The van der Waals surface area contributed by atoms with Crippen molar-refractivity contribution < 1.29 is 0 Å². The Kier molecular flexibility index (Phi) is 5.52. The molecular weight excluding hydrogens is 288 g/mol. The molecule has 0 bridgehead atoms. The maximum atomic E-state index is 4.31. The van der Waals surface area contributed by atoms with Crippen LogP contribution in [0.5, 0.6) is 0 Å². The molecule has 1 aliphatic rings. The highest BCUT2D eigenvalue weighted by Gasteiger charge is 2.20. The summed E-state index contributed by atoms with van der Waals surface area (Å²) in [6, 6.07) is 2.41. The maximum Gasteiger partial charge on any atom is 0.225 e. The Bertz CT molecular complexity index is 535. The fourth-order valence-corrected chi connectivity index (χ4v) is 2.55. The first-order chi connectivity index (χ1) is 9.83. The van der Waals surface area contributed by atoms with Crippen LogP contribution in [0.3, 0.4) is 0 Å². The Morgan fingerprint density at radius 3 is 2.62 bits per heavy atom. The van der Waals surface area contributed by atoms with E-state index in [1.165, 1.54) is 5.56 Å². The van der Waals surface area contributed by atoms with Gasteiger partial charge in [0, 0.05) is 49.3 Å². The van der Waals surface area contributed by atoms with Gasteiger partial charge in [-0.25, -0.2) is 9.97 Å². The van der Waals surface area contributed by atoms with Crippen molar-refractivity contribution in [3.8, 4) is 0 Å². The number of aromatic amines is 1. The molecule has 0 aromatic carbocycles. The largest absolute Gasteiger partial charge is 0.341 e. The third kappa shape index (κ3) is 3.92. The standard InChI is InChI=1S/C14H20N6.ClH/c1-11-12(10-18-19-11)9-17-13-3-7-20(8-4-13)14-15-5-2-6-16-14;/h2,5-6,10,13,17H,3-4,7-9H2,1H3,(H,18,19);1H. The molecule has 2 aromatic rings. The van der Waals surface area contributed by atoms with Gasteiger partial charge < -0.3 is 10.2 Å². The van der Waals surface area contributed by atoms with E-state index in [-0.39, 0.29) is 12.4 Å². The van der Waals surface area contributed by atoms with Crippen LogP contribution in [0.25, 0.3) is 0 Å². The highest BCUT2D eigenvalue weighted by molar-refractivity contribution is 5.85. The quantitative estimate of drug-likeness (QED) is 0.899. The van der Waals surface area contributed by atoms with E-state index in [1.54, 1.807) is 12.4 Å². The van der Waals surface area contributed by atoms with Crippen molar-refractivity contribution in [3.05, 3.63) is 35.9 Å². The fraction of sp³-hybridized carbons (Fsp3) is 0.500. The minimum absolute atomic E-state index is 0. The van der Waals surface area contributed by atoms with E-state index in [0.29, 0.717) is 6.04 Å². The number of hydrogen-bond donors (Lipinski definition) is 2. The van der Waals surface area contributed by atoms with Crippen LogP contribution in [0.4, 0.5) is 5.95 Å². The summed E-state index contributed by atoms with van der Waals surface area (Å²) in [4.78, 5) is 10.9. The van der Waals surface area contributed by atoms with Crippen molar-refractivity contribution >= 4 is 18.4 Å². The Balaban J connectivity index is 0.00000161. The first-order valence-corrected chi connectivity index (χ1v) is 7.07. The predicted octanol–water partition coefficient (Wildman–Crippen LogP) is 1.69. The van der Waals surface area contributed by atoms with Gasteiger partial charge in [0.25, 0.3) is 0 Å². The third-order valence-electron chi connectivity index (χ3n) is 3.85. The van der Waals surface area contributed by atoms with Gasteiger partial charge in [-0.3, -0.25) is 5.10 Å². The number of nitrogens with one attached hydrogen (secondary N) is 2. The molecule has 0 spiro atoms. The Labute approximate surface area is 130 Å². The zero-order valence-electron chi connectivity index (χ0n) is 12.1. The Hall–Kier alpha value is -1.66. The number of piperidine rings is 1. The SMILES string of the molecule is Cc1[nH]ncc1CNC1CCN(c2ncccn2)CC1.Cl. The number of hydrogen-bond acceptors (Lipinski definition) is 5. The number of nitrogens with zero attached hydrogens (tertiary/aromatic N) is 4. The van der Waals surface area contributed by atoms with Crippen LogP contribution in [-0.4, -0.2) is 39.3 Å².